The lowest BCUT2D eigenvalue weighted by Crippen LogP contribution is -2.59. The number of aliphatic hydroxyl groups is 2. The third kappa shape index (κ3) is 3.82. The first-order chi connectivity index (χ1) is 14.4. The molecule has 1 saturated carbocycles. The molecule has 1 fully saturated rings. The molecule has 31 heavy (non-hydrogen) atoms. The van der Waals surface area contributed by atoms with Gasteiger partial charge in [-0.2, -0.15) is 0 Å². The van der Waals surface area contributed by atoms with Crippen molar-refractivity contribution in [3.8, 4) is 0 Å². The van der Waals surface area contributed by atoms with E-state index in [1.165, 1.54) is 30.4 Å². The molecule has 1 aromatic carbocycles. The maximum Gasteiger partial charge on any atom is 0.0853 e. The summed E-state index contributed by atoms with van der Waals surface area (Å²) in [5.41, 5.74) is 7.85. The molecule has 172 valence electrons. The Morgan fingerprint density at radius 2 is 1.74 bits per heavy atom. The van der Waals surface area contributed by atoms with Gasteiger partial charge in [-0.05, 0) is 109 Å². The molecule has 1 aromatic rings. The standard InChI is InChI=1S/C29H44O2/c1-18-8-10-20-14-15-27(3,4)16-22(20)21(18)11-12-23-19(2)9-13-25-28(5,6)26(31)24(30)17-29(23,25)7/h8-10,23-26,30-31H,11-17H2,1-7H3/t23-,24+,25-,26-,29+/m0/s1. The van der Waals surface area contributed by atoms with Gasteiger partial charge in [-0.3, -0.25) is 0 Å². The van der Waals surface area contributed by atoms with Gasteiger partial charge in [-0.1, -0.05) is 58.4 Å². The van der Waals surface area contributed by atoms with Crippen LogP contribution in [-0.2, 0) is 19.3 Å². The van der Waals surface area contributed by atoms with E-state index in [1.807, 2.05) is 0 Å². The molecule has 0 aromatic heterocycles. The number of aryl methyl sites for hydroxylation is 2. The minimum atomic E-state index is -0.636. The second-order valence-corrected chi connectivity index (χ2v) is 12.7. The van der Waals surface area contributed by atoms with E-state index in [1.54, 1.807) is 16.7 Å². The van der Waals surface area contributed by atoms with Crippen LogP contribution in [0.4, 0.5) is 0 Å². The largest absolute Gasteiger partial charge is 0.390 e. The van der Waals surface area contributed by atoms with Gasteiger partial charge in [0, 0.05) is 0 Å². The Bertz CT molecular complexity index is 877. The van der Waals surface area contributed by atoms with Crippen molar-refractivity contribution in [3.05, 3.63) is 46.0 Å². The van der Waals surface area contributed by atoms with Crippen molar-refractivity contribution in [1.82, 2.24) is 0 Å². The van der Waals surface area contributed by atoms with Crippen LogP contribution < -0.4 is 0 Å². The molecule has 3 aliphatic rings. The van der Waals surface area contributed by atoms with Crippen LogP contribution in [0.5, 0.6) is 0 Å². The molecular weight excluding hydrogens is 380 g/mol. The maximum atomic E-state index is 10.8. The summed E-state index contributed by atoms with van der Waals surface area (Å²) in [5, 5.41) is 21.6. The van der Waals surface area contributed by atoms with E-state index in [2.05, 4.69) is 66.7 Å². The van der Waals surface area contributed by atoms with Crippen LogP contribution in [-0.4, -0.2) is 22.4 Å². The van der Waals surface area contributed by atoms with Gasteiger partial charge in [0.2, 0.25) is 0 Å². The topological polar surface area (TPSA) is 40.5 Å². The molecule has 0 radical (unpaired) electrons. The molecule has 0 bridgehead atoms. The number of allylic oxidation sites excluding steroid dienone is 2. The van der Waals surface area contributed by atoms with E-state index >= 15 is 0 Å². The Balaban J connectivity index is 1.65. The van der Waals surface area contributed by atoms with E-state index in [-0.39, 0.29) is 10.8 Å². The average molecular weight is 425 g/mol. The Morgan fingerprint density at radius 1 is 1.03 bits per heavy atom. The molecular formula is C29H44O2. The summed E-state index contributed by atoms with van der Waals surface area (Å²) < 4.78 is 0. The molecule has 4 rings (SSSR count). The molecule has 2 N–H and O–H groups in total. The fraction of sp³-hybridized carbons (Fsp3) is 0.724. The second-order valence-electron chi connectivity index (χ2n) is 12.7. The summed E-state index contributed by atoms with van der Waals surface area (Å²) in [7, 11) is 0. The predicted octanol–water partition coefficient (Wildman–Crippen LogP) is 6.18. The van der Waals surface area contributed by atoms with Crippen molar-refractivity contribution >= 4 is 0 Å². The van der Waals surface area contributed by atoms with E-state index in [9.17, 15) is 10.2 Å². The zero-order valence-electron chi connectivity index (χ0n) is 20.9. The number of hydrogen-bond donors (Lipinski definition) is 2. The Labute approximate surface area is 190 Å². The van der Waals surface area contributed by atoms with Crippen LogP contribution >= 0.6 is 0 Å². The zero-order chi connectivity index (χ0) is 22.8. The average Bonchev–Trinajstić information content (AvgIpc) is 2.66. The maximum absolute atomic E-state index is 10.8. The third-order valence-corrected chi connectivity index (χ3v) is 9.66. The van der Waals surface area contributed by atoms with Gasteiger partial charge in [0.1, 0.15) is 0 Å². The highest BCUT2D eigenvalue weighted by Gasteiger charge is 2.57. The van der Waals surface area contributed by atoms with Gasteiger partial charge in [0.05, 0.1) is 12.2 Å². The Kier molecular flexibility index (Phi) is 5.75. The fourth-order valence-electron chi connectivity index (χ4n) is 7.73. The molecule has 2 heteroatoms. The van der Waals surface area contributed by atoms with Gasteiger partial charge < -0.3 is 10.2 Å². The van der Waals surface area contributed by atoms with E-state index in [0.717, 1.165) is 19.3 Å². The quantitative estimate of drug-likeness (QED) is 0.569. The van der Waals surface area contributed by atoms with Crippen LogP contribution in [0.1, 0.15) is 89.5 Å². The van der Waals surface area contributed by atoms with Crippen LogP contribution in [0, 0.1) is 35.0 Å². The van der Waals surface area contributed by atoms with E-state index in [4.69, 9.17) is 0 Å². The SMILES string of the molecule is CC1=CC[C@H]2C(C)(C)[C@@H](O)[C@H](O)C[C@]2(C)[C@H]1CCc1c(C)ccc2c1CC(C)(C)CC2. The summed E-state index contributed by atoms with van der Waals surface area (Å²) in [5.74, 6) is 0.858. The number of benzene rings is 1. The smallest absolute Gasteiger partial charge is 0.0853 e. The van der Waals surface area contributed by atoms with Crippen LogP contribution in [0.25, 0.3) is 0 Å². The molecule has 0 amide bonds. The van der Waals surface area contributed by atoms with Gasteiger partial charge in [-0.25, -0.2) is 0 Å². The third-order valence-electron chi connectivity index (χ3n) is 9.66. The monoisotopic (exact) mass is 424 g/mol. The summed E-state index contributed by atoms with van der Waals surface area (Å²) in [4.78, 5) is 0. The van der Waals surface area contributed by atoms with Crippen molar-refractivity contribution in [2.45, 2.75) is 106 Å². The van der Waals surface area contributed by atoms with E-state index < -0.39 is 12.2 Å². The zero-order valence-corrected chi connectivity index (χ0v) is 20.9. The second kappa shape index (κ2) is 7.73. The van der Waals surface area contributed by atoms with Crippen molar-refractivity contribution in [1.29, 1.82) is 0 Å². The molecule has 3 aliphatic carbocycles. The van der Waals surface area contributed by atoms with Crippen molar-refractivity contribution in [2.75, 3.05) is 0 Å². The number of hydrogen-bond acceptors (Lipinski definition) is 2. The first-order valence-corrected chi connectivity index (χ1v) is 12.5. The molecule has 0 unspecified atom stereocenters. The summed E-state index contributed by atoms with van der Waals surface area (Å²) in [6.07, 6.45) is 8.81. The van der Waals surface area contributed by atoms with Crippen LogP contribution in [0.3, 0.4) is 0 Å². The minimum Gasteiger partial charge on any atom is -0.390 e. The van der Waals surface area contributed by atoms with Gasteiger partial charge in [-0.15, -0.1) is 0 Å². The molecule has 0 saturated heterocycles. The Hall–Kier alpha value is -1.12. The lowest BCUT2D eigenvalue weighted by atomic mass is 9.46. The van der Waals surface area contributed by atoms with Crippen molar-refractivity contribution in [3.63, 3.8) is 0 Å². The fourth-order valence-corrected chi connectivity index (χ4v) is 7.73. The molecule has 0 spiro atoms. The number of rotatable bonds is 3. The van der Waals surface area contributed by atoms with Gasteiger partial charge in [0.25, 0.3) is 0 Å². The van der Waals surface area contributed by atoms with Crippen LogP contribution in [0.2, 0.25) is 0 Å². The number of aliphatic hydroxyl groups excluding tert-OH is 2. The summed E-state index contributed by atoms with van der Waals surface area (Å²) in [6.45, 7) is 16.1. The van der Waals surface area contributed by atoms with Crippen LogP contribution in [0.15, 0.2) is 23.8 Å². The lowest BCUT2D eigenvalue weighted by Gasteiger charge is -2.59. The lowest BCUT2D eigenvalue weighted by molar-refractivity contribution is -0.174. The van der Waals surface area contributed by atoms with Gasteiger partial charge in [0.15, 0.2) is 0 Å². The molecule has 0 heterocycles. The molecule has 5 atom stereocenters. The first-order valence-electron chi connectivity index (χ1n) is 12.5. The highest BCUT2D eigenvalue weighted by molar-refractivity contribution is 5.43. The number of fused-ring (bicyclic) bond motifs is 2. The summed E-state index contributed by atoms with van der Waals surface area (Å²) >= 11 is 0. The predicted molar refractivity (Wildman–Crippen MR) is 129 cm³/mol. The normalized spacial score (nSPS) is 36.4. The van der Waals surface area contributed by atoms with E-state index in [0.29, 0.717) is 23.7 Å². The summed E-state index contributed by atoms with van der Waals surface area (Å²) in [6, 6.07) is 4.71. The molecule has 0 aliphatic heterocycles. The minimum absolute atomic E-state index is 0.0308. The van der Waals surface area contributed by atoms with Crippen molar-refractivity contribution < 1.29 is 10.2 Å². The van der Waals surface area contributed by atoms with Crippen molar-refractivity contribution in [2.24, 2.45) is 28.1 Å². The Morgan fingerprint density at radius 3 is 2.45 bits per heavy atom. The highest BCUT2D eigenvalue weighted by Crippen LogP contribution is 2.60. The molecule has 2 nitrogen and oxygen atoms in total. The first kappa shape index (κ1) is 23.1. The highest BCUT2D eigenvalue weighted by atomic mass is 16.3. The van der Waals surface area contributed by atoms with Gasteiger partial charge >= 0.3 is 0 Å².